The molecule has 6 nitrogen and oxygen atoms in total. The molecule has 8 heteroatoms. The molecule has 3 N–H and O–H groups in total. The summed E-state index contributed by atoms with van der Waals surface area (Å²) in [5, 5.41) is 16.4. The van der Waals surface area contributed by atoms with Crippen molar-refractivity contribution in [2.24, 2.45) is 5.10 Å². The van der Waals surface area contributed by atoms with Crippen molar-refractivity contribution in [3.05, 3.63) is 57.0 Å². The Hall–Kier alpha value is -2.38. The SMILES string of the molecule is CC(=O)Nc1cccc(C(=O)N/N=C/c2cc(Br)cc(Cl)c2O)c1. The van der Waals surface area contributed by atoms with Gasteiger partial charge in [0.25, 0.3) is 5.91 Å². The number of hydrazone groups is 1. The maximum atomic E-state index is 12.1. The third kappa shape index (κ3) is 4.81. The Morgan fingerprint density at radius 1 is 1.29 bits per heavy atom. The largest absolute Gasteiger partial charge is 0.506 e. The standard InChI is InChI=1S/C16H13BrClN3O3/c1-9(22)20-13-4-2-3-10(6-13)16(24)21-19-8-11-5-12(17)7-14(18)15(11)23/h2-8,23H,1H3,(H,20,22)(H,21,24)/b19-8+. The Morgan fingerprint density at radius 2 is 2.04 bits per heavy atom. The van der Waals surface area contributed by atoms with Crippen LogP contribution in [0.15, 0.2) is 46.0 Å². The molecule has 0 aliphatic rings. The fourth-order valence-corrected chi connectivity index (χ4v) is 2.68. The number of anilines is 1. The van der Waals surface area contributed by atoms with Gasteiger partial charge in [-0.15, -0.1) is 0 Å². The van der Waals surface area contributed by atoms with Gasteiger partial charge in [0.15, 0.2) is 0 Å². The number of phenols is 1. The predicted octanol–water partition coefficient (Wildman–Crippen LogP) is 3.53. The summed E-state index contributed by atoms with van der Waals surface area (Å²) in [6, 6.07) is 9.57. The second-order valence-electron chi connectivity index (χ2n) is 4.79. The van der Waals surface area contributed by atoms with Gasteiger partial charge < -0.3 is 10.4 Å². The van der Waals surface area contributed by atoms with E-state index in [-0.39, 0.29) is 16.7 Å². The molecule has 0 atom stereocenters. The van der Waals surface area contributed by atoms with Crippen molar-refractivity contribution in [1.82, 2.24) is 5.43 Å². The van der Waals surface area contributed by atoms with Gasteiger partial charge in [-0.1, -0.05) is 33.6 Å². The quantitative estimate of drug-likeness (QED) is 0.532. The summed E-state index contributed by atoms with van der Waals surface area (Å²) in [5.74, 6) is -0.822. The minimum Gasteiger partial charge on any atom is -0.506 e. The highest BCUT2D eigenvalue weighted by Gasteiger charge is 2.08. The summed E-state index contributed by atoms with van der Waals surface area (Å²) in [7, 11) is 0. The van der Waals surface area contributed by atoms with Gasteiger partial charge in [-0.25, -0.2) is 5.43 Å². The normalized spacial score (nSPS) is 10.6. The second kappa shape index (κ2) is 7.94. The van der Waals surface area contributed by atoms with Crippen molar-refractivity contribution in [2.45, 2.75) is 6.92 Å². The lowest BCUT2D eigenvalue weighted by molar-refractivity contribution is -0.114. The molecule has 0 saturated heterocycles. The van der Waals surface area contributed by atoms with Gasteiger partial charge >= 0.3 is 0 Å². The van der Waals surface area contributed by atoms with E-state index in [1.54, 1.807) is 30.3 Å². The number of carbonyl (C=O) groups excluding carboxylic acids is 2. The van der Waals surface area contributed by atoms with Crippen LogP contribution < -0.4 is 10.7 Å². The first-order valence-electron chi connectivity index (χ1n) is 6.76. The first-order chi connectivity index (χ1) is 11.4. The Bertz CT molecular complexity index is 824. The van der Waals surface area contributed by atoms with E-state index in [9.17, 15) is 14.7 Å². The highest BCUT2D eigenvalue weighted by molar-refractivity contribution is 9.10. The highest BCUT2D eigenvalue weighted by Crippen LogP contribution is 2.30. The molecular formula is C16H13BrClN3O3. The van der Waals surface area contributed by atoms with Gasteiger partial charge in [0, 0.05) is 28.2 Å². The zero-order chi connectivity index (χ0) is 17.7. The monoisotopic (exact) mass is 409 g/mol. The maximum absolute atomic E-state index is 12.1. The van der Waals surface area contributed by atoms with E-state index < -0.39 is 5.91 Å². The third-order valence-corrected chi connectivity index (χ3v) is 3.62. The number of hydrogen-bond acceptors (Lipinski definition) is 4. The van der Waals surface area contributed by atoms with E-state index in [2.05, 4.69) is 31.8 Å². The van der Waals surface area contributed by atoms with Crippen molar-refractivity contribution >= 4 is 51.2 Å². The maximum Gasteiger partial charge on any atom is 0.271 e. The average Bonchev–Trinajstić information content (AvgIpc) is 2.51. The van der Waals surface area contributed by atoms with E-state index in [1.165, 1.54) is 19.2 Å². The van der Waals surface area contributed by atoms with Crippen LogP contribution in [-0.2, 0) is 4.79 Å². The molecule has 2 rings (SSSR count). The molecule has 0 aliphatic heterocycles. The predicted molar refractivity (Wildman–Crippen MR) is 96.6 cm³/mol. The molecule has 124 valence electrons. The van der Waals surface area contributed by atoms with Crippen LogP contribution in [0.25, 0.3) is 0 Å². The lowest BCUT2D eigenvalue weighted by Gasteiger charge is -2.05. The van der Waals surface area contributed by atoms with Gasteiger partial charge in [0.05, 0.1) is 11.2 Å². The van der Waals surface area contributed by atoms with Gasteiger partial charge in [0.1, 0.15) is 5.75 Å². The van der Waals surface area contributed by atoms with Crippen LogP contribution in [0.1, 0.15) is 22.8 Å². The molecule has 2 amide bonds. The fraction of sp³-hybridized carbons (Fsp3) is 0.0625. The van der Waals surface area contributed by atoms with E-state index in [0.29, 0.717) is 21.3 Å². The number of nitrogens with zero attached hydrogens (tertiary/aromatic N) is 1. The molecule has 0 spiro atoms. The van der Waals surface area contributed by atoms with Gasteiger partial charge in [-0.3, -0.25) is 9.59 Å². The smallest absolute Gasteiger partial charge is 0.271 e. The van der Waals surface area contributed by atoms with Crippen molar-refractivity contribution in [3.63, 3.8) is 0 Å². The molecule has 24 heavy (non-hydrogen) atoms. The molecule has 0 heterocycles. The van der Waals surface area contributed by atoms with Crippen LogP contribution in [0.3, 0.4) is 0 Å². The van der Waals surface area contributed by atoms with E-state index in [4.69, 9.17) is 11.6 Å². The number of aromatic hydroxyl groups is 1. The molecule has 2 aromatic carbocycles. The number of nitrogens with one attached hydrogen (secondary N) is 2. The van der Waals surface area contributed by atoms with Crippen molar-refractivity contribution in [1.29, 1.82) is 0 Å². The first-order valence-corrected chi connectivity index (χ1v) is 7.93. The molecule has 0 saturated carbocycles. The number of amides is 2. The van der Waals surface area contributed by atoms with Gasteiger partial charge in [-0.05, 0) is 30.3 Å². The average molecular weight is 411 g/mol. The minimum absolute atomic E-state index is 0.134. The molecule has 2 aromatic rings. The molecule has 0 bridgehead atoms. The van der Waals surface area contributed by atoms with Crippen LogP contribution in [0.4, 0.5) is 5.69 Å². The zero-order valence-electron chi connectivity index (χ0n) is 12.5. The van der Waals surface area contributed by atoms with Gasteiger partial charge in [0.2, 0.25) is 5.91 Å². The van der Waals surface area contributed by atoms with Crippen LogP contribution in [0, 0.1) is 0 Å². The van der Waals surface area contributed by atoms with E-state index >= 15 is 0 Å². The van der Waals surface area contributed by atoms with E-state index in [1.807, 2.05) is 0 Å². The Balaban J connectivity index is 2.09. The van der Waals surface area contributed by atoms with Crippen molar-refractivity contribution in [2.75, 3.05) is 5.32 Å². The van der Waals surface area contributed by atoms with Crippen LogP contribution in [0.2, 0.25) is 5.02 Å². The summed E-state index contributed by atoms with van der Waals surface area (Å²) in [6.45, 7) is 1.38. The van der Waals surface area contributed by atoms with Crippen molar-refractivity contribution in [3.8, 4) is 5.75 Å². The Kier molecular flexibility index (Phi) is 5.94. The summed E-state index contributed by atoms with van der Waals surface area (Å²) < 4.78 is 0.668. The van der Waals surface area contributed by atoms with Gasteiger partial charge in [-0.2, -0.15) is 5.10 Å². The van der Waals surface area contributed by atoms with E-state index in [0.717, 1.165) is 0 Å². The number of halogens is 2. The fourth-order valence-electron chi connectivity index (χ4n) is 1.85. The van der Waals surface area contributed by atoms with Crippen LogP contribution in [-0.4, -0.2) is 23.1 Å². The topological polar surface area (TPSA) is 90.8 Å². The first kappa shape index (κ1) is 18.0. The summed E-state index contributed by atoms with van der Waals surface area (Å²) in [5.41, 5.74) is 3.53. The molecule has 0 unspecified atom stereocenters. The zero-order valence-corrected chi connectivity index (χ0v) is 14.9. The number of carbonyl (C=O) groups is 2. The van der Waals surface area contributed by atoms with Crippen molar-refractivity contribution < 1.29 is 14.7 Å². The molecular weight excluding hydrogens is 398 g/mol. The second-order valence-corrected chi connectivity index (χ2v) is 6.11. The van der Waals surface area contributed by atoms with Crippen LogP contribution >= 0.6 is 27.5 Å². The van der Waals surface area contributed by atoms with Crippen LogP contribution in [0.5, 0.6) is 5.75 Å². The Labute approximate surface area is 151 Å². The molecule has 0 radical (unpaired) electrons. The Morgan fingerprint density at radius 3 is 2.75 bits per heavy atom. The lowest BCUT2D eigenvalue weighted by Crippen LogP contribution is -2.18. The molecule has 0 aliphatic carbocycles. The third-order valence-electron chi connectivity index (χ3n) is 2.87. The highest BCUT2D eigenvalue weighted by atomic mass is 79.9. The summed E-state index contributed by atoms with van der Waals surface area (Å²) >= 11 is 9.11. The summed E-state index contributed by atoms with van der Waals surface area (Å²) in [6.07, 6.45) is 1.28. The number of hydrogen-bond donors (Lipinski definition) is 3. The summed E-state index contributed by atoms with van der Waals surface area (Å²) in [4.78, 5) is 23.1. The number of rotatable bonds is 4. The molecule has 0 aromatic heterocycles. The minimum atomic E-state index is -0.459. The number of benzene rings is 2. The molecule has 0 fully saturated rings. The lowest BCUT2D eigenvalue weighted by atomic mass is 10.2. The number of phenolic OH excluding ortho intramolecular Hbond substituents is 1.